The highest BCUT2D eigenvalue weighted by Crippen LogP contribution is 2.36. The fourth-order valence-corrected chi connectivity index (χ4v) is 4.44. The van der Waals surface area contributed by atoms with Crippen molar-refractivity contribution >= 4 is 68.8 Å². The number of methoxy groups -OCH3 is 1. The van der Waals surface area contributed by atoms with Crippen LogP contribution in [0, 0.1) is 5.92 Å². The highest BCUT2D eigenvalue weighted by Gasteiger charge is 2.41. The molecule has 0 radical (unpaired) electrons. The first-order valence-corrected chi connectivity index (χ1v) is 9.97. The number of carbonyl (C=O) groups is 2. The van der Waals surface area contributed by atoms with Crippen LogP contribution in [0.1, 0.15) is 19.4 Å². The number of nitrogens with zero attached hydrogens (tertiary/aromatic N) is 2. The van der Waals surface area contributed by atoms with Gasteiger partial charge in [-0.15, -0.1) is 0 Å². The fourth-order valence-electron chi connectivity index (χ4n) is 2.92. The molecule has 0 bridgehead atoms. The summed E-state index contributed by atoms with van der Waals surface area (Å²) < 4.78 is 5.40. The monoisotopic (exact) mass is 436 g/mol. The molecule has 0 aliphatic carbocycles. The predicted molar refractivity (Wildman–Crippen MR) is 115 cm³/mol. The number of halogens is 1. The van der Waals surface area contributed by atoms with E-state index in [0.29, 0.717) is 21.7 Å². The standard InChI is InChI=1S/C19H17ClN2O4S2/c1-9(2)15(18(24)25)22-17(23)14(28-19(22)27)7-11-6-10-4-5-12(26-3)8-13(10)21-16(11)20/h4-9,15H,1-3H3,(H,24,25)/b14-7-/t15-/m1/s1. The van der Waals surface area contributed by atoms with Gasteiger partial charge in [-0.2, -0.15) is 0 Å². The molecule has 146 valence electrons. The van der Waals surface area contributed by atoms with Gasteiger partial charge >= 0.3 is 5.97 Å². The molecule has 28 heavy (non-hydrogen) atoms. The van der Waals surface area contributed by atoms with E-state index in [0.717, 1.165) is 22.0 Å². The number of carboxylic acids is 1. The van der Waals surface area contributed by atoms with E-state index >= 15 is 0 Å². The third kappa shape index (κ3) is 3.85. The Kier molecular flexibility index (Phi) is 5.92. The van der Waals surface area contributed by atoms with Gasteiger partial charge < -0.3 is 9.84 Å². The lowest BCUT2D eigenvalue weighted by Gasteiger charge is -2.26. The molecule has 3 rings (SSSR count). The number of fused-ring (bicyclic) bond motifs is 1. The SMILES string of the molecule is COc1ccc2cc(/C=C3\SC(=S)N([C@@H](C(=O)O)C(C)C)C3=O)c(Cl)nc2c1. The molecule has 0 unspecified atom stereocenters. The Morgan fingerprint density at radius 1 is 1.39 bits per heavy atom. The predicted octanol–water partition coefficient (Wildman–Crippen LogP) is 4.21. The van der Waals surface area contributed by atoms with Gasteiger partial charge in [0.15, 0.2) is 0 Å². The molecule has 1 aliphatic heterocycles. The van der Waals surface area contributed by atoms with Crippen LogP contribution in [0.3, 0.4) is 0 Å². The van der Waals surface area contributed by atoms with Crippen LogP contribution in [0.5, 0.6) is 5.75 Å². The molecule has 9 heteroatoms. The van der Waals surface area contributed by atoms with Crippen molar-refractivity contribution in [3.8, 4) is 5.75 Å². The minimum Gasteiger partial charge on any atom is -0.497 e. The van der Waals surface area contributed by atoms with E-state index in [1.165, 1.54) is 0 Å². The summed E-state index contributed by atoms with van der Waals surface area (Å²) in [7, 11) is 1.57. The van der Waals surface area contributed by atoms with Gasteiger partial charge in [-0.3, -0.25) is 9.69 Å². The van der Waals surface area contributed by atoms with Crippen molar-refractivity contribution in [2.24, 2.45) is 5.92 Å². The molecule has 0 spiro atoms. The smallest absolute Gasteiger partial charge is 0.327 e. The average molecular weight is 437 g/mol. The number of ether oxygens (including phenoxy) is 1. The van der Waals surface area contributed by atoms with Gasteiger partial charge in [0, 0.05) is 17.0 Å². The molecule has 1 saturated heterocycles. The van der Waals surface area contributed by atoms with E-state index in [9.17, 15) is 14.7 Å². The van der Waals surface area contributed by atoms with Crippen LogP contribution in [0.25, 0.3) is 17.0 Å². The van der Waals surface area contributed by atoms with Crippen LogP contribution >= 0.6 is 35.6 Å². The molecule has 1 aliphatic rings. The van der Waals surface area contributed by atoms with E-state index in [-0.39, 0.29) is 15.4 Å². The summed E-state index contributed by atoms with van der Waals surface area (Å²) in [5.74, 6) is -1.16. The van der Waals surface area contributed by atoms with Crippen molar-refractivity contribution in [1.82, 2.24) is 9.88 Å². The number of amides is 1. The van der Waals surface area contributed by atoms with Gasteiger partial charge in [0.2, 0.25) is 0 Å². The molecule has 6 nitrogen and oxygen atoms in total. The van der Waals surface area contributed by atoms with Crippen LogP contribution in [-0.4, -0.2) is 44.3 Å². The Morgan fingerprint density at radius 3 is 2.71 bits per heavy atom. The van der Waals surface area contributed by atoms with Crippen molar-refractivity contribution in [3.05, 3.63) is 39.9 Å². The lowest BCUT2D eigenvalue weighted by Crippen LogP contribution is -2.47. The van der Waals surface area contributed by atoms with Crippen LogP contribution in [-0.2, 0) is 9.59 Å². The molecule has 0 saturated carbocycles. The summed E-state index contributed by atoms with van der Waals surface area (Å²) in [5, 5.41) is 10.6. The van der Waals surface area contributed by atoms with E-state index in [1.807, 2.05) is 12.1 Å². The third-order valence-corrected chi connectivity index (χ3v) is 5.91. The lowest BCUT2D eigenvalue weighted by atomic mass is 10.0. The van der Waals surface area contributed by atoms with Gasteiger partial charge in [-0.1, -0.05) is 49.4 Å². The Balaban J connectivity index is 2.00. The first kappa shape index (κ1) is 20.6. The minimum absolute atomic E-state index is 0.215. The highest BCUT2D eigenvalue weighted by atomic mass is 35.5. The molecule has 1 N–H and O–H groups in total. The topological polar surface area (TPSA) is 79.7 Å². The van der Waals surface area contributed by atoms with Crippen molar-refractivity contribution in [1.29, 1.82) is 0 Å². The first-order chi connectivity index (χ1) is 13.2. The number of hydrogen-bond donors (Lipinski definition) is 1. The first-order valence-electron chi connectivity index (χ1n) is 8.37. The Hall–Kier alpha value is -2.16. The number of pyridine rings is 1. The average Bonchev–Trinajstić information content (AvgIpc) is 2.89. The molecule has 1 aromatic heterocycles. The number of thiocarbonyl (C=S) groups is 1. The highest BCUT2D eigenvalue weighted by molar-refractivity contribution is 8.26. The summed E-state index contributed by atoms with van der Waals surface area (Å²) in [6.07, 6.45) is 1.59. The lowest BCUT2D eigenvalue weighted by molar-refractivity contribution is -0.146. The van der Waals surface area contributed by atoms with Crippen molar-refractivity contribution < 1.29 is 19.4 Å². The second-order valence-electron chi connectivity index (χ2n) is 6.51. The number of carboxylic acid groups (broad SMARTS) is 1. The zero-order valence-corrected chi connectivity index (χ0v) is 17.7. The summed E-state index contributed by atoms with van der Waals surface area (Å²) in [6, 6.07) is 6.22. The maximum Gasteiger partial charge on any atom is 0.327 e. The number of hydrogen-bond acceptors (Lipinski definition) is 6. The molecule has 2 aromatic rings. The maximum absolute atomic E-state index is 12.8. The Morgan fingerprint density at radius 2 is 2.11 bits per heavy atom. The van der Waals surface area contributed by atoms with Crippen molar-refractivity contribution in [2.75, 3.05) is 7.11 Å². The van der Waals surface area contributed by atoms with Gasteiger partial charge in [0.25, 0.3) is 5.91 Å². The zero-order chi connectivity index (χ0) is 20.6. The van der Waals surface area contributed by atoms with E-state index in [2.05, 4.69) is 4.98 Å². The van der Waals surface area contributed by atoms with Crippen molar-refractivity contribution in [3.63, 3.8) is 0 Å². The number of aromatic nitrogens is 1. The van der Waals surface area contributed by atoms with Crippen molar-refractivity contribution in [2.45, 2.75) is 19.9 Å². The summed E-state index contributed by atoms with van der Waals surface area (Å²) in [5.41, 5.74) is 1.22. The largest absolute Gasteiger partial charge is 0.497 e. The summed E-state index contributed by atoms with van der Waals surface area (Å²) >= 11 is 12.6. The Bertz CT molecular complexity index is 1020. The van der Waals surface area contributed by atoms with Crippen LogP contribution < -0.4 is 4.74 Å². The number of thioether (sulfide) groups is 1. The number of benzene rings is 1. The van der Waals surface area contributed by atoms with E-state index < -0.39 is 17.9 Å². The quantitative estimate of drug-likeness (QED) is 0.427. The van der Waals surface area contributed by atoms with Crippen LogP contribution in [0.4, 0.5) is 0 Å². The summed E-state index contributed by atoms with van der Waals surface area (Å²) in [6.45, 7) is 3.47. The molecule has 1 amide bonds. The van der Waals surface area contributed by atoms with Crippen LogP contribution in [0.15, 0.2) is 29.2 Å². The molecule has 1 aromatic carbocycles. The van der Waals surface area contributed by atoms with E-state index in [1.54, 1.807) is 39.2 Å². The Labute approximate surface area is 176 Å². The fraction of sp³-hybridized carbons (Fsp3) is 0.263. The third-order valence-electron chi connectivity index (χ3n) is 4.28. The second-order valence-corrected chi connectivity index (χ2v) is 8.54. The van der Waals surface area contributed by atoms with Gasteiger partial charge in [0.05, 0.1) is 17.5 Å². The van der Waals surface area contributed by atoms with E-state index in [4.69, 9.17) is 28.6 Å². The summed E-state index contributed by atoms with van der Waals surface area (Å²) in [4.78, 5) is 30.3. The molecule has 2 heterocycles. The number of carbonyl (C=O) groups excluding carboxylic acids is 1. The van der Waals surface area contributed by atoms with Gasteiger partial charge in [0.1, 0.15) is 21.3 Å². The minimum atomic E-state index is -1.09. The molecular weight excluding hydrogens is 420 g/mol. The normalized spacial score (nSPS) is 17.0. The zero-order valence-electron chi connectivity index (χ0n) is 15.3. The maximum atomic E-state index is 12.8. The number of aliphatic carboxylic acids is 1. The van der Waals surface area contributed by atoms with Gasteiger partial charge in [-0.05, 0) is 30.2 Å². The number of rotatable bonds is 5. The van der Waals surface area contributed by atoms with Crippen LogP contribution in [0.2, 0.25) is 5.15 Å². The molecule has 1 fully saturated rings. The molecular formula is C19H17ClN2O4S2. The second kappa shape index (κ2) is 8.06. The van der Waals surface area contributed by atoms with Gasteiger partial charge in [-0.25, -0.2) is 9.78 Å². The molecule has 1 atom stereocenters.